The fourth-order valence-electron chi connectivity index (χ4n) is 1.76. The van der Waals surface area contributed by atoms with Crippen LogP contribution in [0.15, 0.2) is 36.5 Å². The molecule has 1 aromatic carbocycles. The molecule has 6 heteroatoms. The SMILES string of the molecule is C=C1NC(c2ccc(OCC(F)(F)F)cc2)=[C-]CC1C.[Y]. The average molecular weight is 371 g/mol. The Morgan fingerprint density at radius 2 is 1.95 bits per heavy atom. The molecule has 2 rings (SSSR count). The van der Waals surface area contributed by atoms with Gasteiger partial charge in [0.2, 0.25) is 0 Å². The normalized spacial score (nSPS) is 18.4. The summed E-state index contributed by atoms with van der Waals surface area (Å²) in [5.74, 6) is 0.517. The number of halogens is 3. The van der Waals surface area contributed by atoms with E-state index in [9.17, 15) is 13.2 Å². The van der Waals surface area contributed by atoms with Crippen LogP contribution in [0, 0.1) is 12.0 Å². The van der Waals surface area contributed by atoms with Crippen molar-refractivity contribution >= 4 is 5.70 Å². The summed E-state index contributed by atoms with van der Waals surface area (Å²) < 4.78 is 40.8. The molecular formula is C15H15F3NOY-. The molecule has 1 aromatic rings. The number of ether oxygens (including phenoxy) is 1. The maximum atomic E-state index is 12.0. The van der Waals surface area contributed by atoms with Crippen LogP contribution in [0.25, 0.3) is 5.70 Å². The molecule has 0 amide bonds. The molecule has 0 aromatic heterocycles. The molecule has 0 spiro atoms. The Balaban J connectivity index is 0.00000220. The molecule has 111 valence electrons. The second-order valence-electron chi connectivity index (χ2n) is 4.74. The van der Waals surface area contributed by atoms with Crippen molar-refractivity contribution in [1.29, 1.82) is 0 Å². The van der Waals surface area contributed by atoms with Crippen molar-refractivity contribution in [1.82, 2.24) is 5.32 Å². The zero-order valence-corrected chi connectivity index (χ0v) is 14.5. The van der Waals surface area contributed by atoms with Gasteiger partial charge >= 0.3 is 6.18 Å². The largest absolute Gasteiger partial charge is 0.484 e. The van der Waals surface area contributed by atoms with Crippen LogP contribution in [0.5, 0.6) is 5.75 Å². The number of allylic oxidation sites excluding steroid dienone is 2. The molecule has 21 heavy (non-hydrogen) atoms. The Morgan fingerprint density at radius 1 is 1.33 bits per heavy atom. The van der Waals surface area contributed by atoms with E-state index in [-0.39, 0.29) is 38.5 Å². The van der Waals surface area contributed by atoms with Crippen LogP contribution in [0.3, 0.4) is 0 Å². The van der Waals surface area contributed by atoms with Gasteiger partial charge in [0.05, 0.1) is 0 Å². The fourth-order valence-corrected chi connectivity index (χ4v) is 1.76. The summed E-state index contributed by atoms with van der Waals surface area (Å²) in [6.45, 7) is 4.69. The Kier molecular flexibility index (Phi) is 6.48. The number of alkyl halides is 3. The minimum Gasteiger partial charge on any atom is -0.484 e. The van der Waals surface area contributed by atoms with Gasteiger partial charge in [-0.2, -0.15) is 18.7 Å². The van der Waals surface area contributed by atoms with E-state index < -0.39 is 12.8 Å². The molecule has 1 unspecified atom stereocenters. The second-order valence-corrected chi connectivity index (χ2v) is 4.74. The Bertz CT molecular complexity index is 523. The van der Waals surface area contributed by atoms with Gasteiger partial charge < -0.3 is 10.1 Å². The van der Waals surface area contributed by atoms with Crippen molar-refractivity contribution in [2.45, 2.75) is 19.5 Å². The minimum atomic E-state index is -4.33. The summed E-state index contributed by atoms with van der Waals surface area (Å²) in [6.07, 6.45) is -0.339. The van der Waals surface area contributed by atoms with Gasteiger partial charge in [-0.1, -0.05) is 13.5 Å². The Labute approximate surface area is 147 Å². The van der Waals surface area contributed by atoms with Crippen molar-refractivity contribution < 1.29 is 50.6 Å². The van der Waals surface area contributed by atoms with Gasteiger partial charge in [0, 0.05) is 38.4 Å². The van der Waals surface area contributed by atoms with E-state index in [1.54, 1.807) is 12.1 Å². The first-order valence-electron chi connectivity index (χ1n) is 6.22. The Hall–Kier alpha value is -0.806. The van der Waals surface area contributed by atoms with Crippen LogP contribution < -0.4 is 10.1 Å². The molecule has 2 nitrogen and oxygen atoms in total. The standard InChI is InChI=1S/C15H15F3NO.Y/c1-10-3-8-14(19-11(10)2)12-4-6-13(7-5-12)20-9-15(16,17)18;/h4-7,10,19H,2-3,9H2,1H3;/q-1;. The topological polar surface area (TPSA) is 21.3 Å². The monoisotopic (exact) mass is 371 g/mol. The molecule has 1 aliphatic rings. The van der Waals surface area contributed by atoms with E-state index in [1.165, 1.54) is 12.1 Å². The first-order chi connectivity index (χ1) is 9.35. The molecule has 0 saturated heterocycles. The summed E-state index contributed by atoms with van der Waals surface area (Å²) in [5, 5.41) is 3.15. The van der Waals surface area contributed by atoms with Crippen molar-refractivity contribution in [2.24, 2.45) is 5.92 Å². The third-order valence-corrected chi connectivity index (χ3v) is 3.01. The van der Waals surface area contributed by atoms with Crippen molar-refractivity contribution in [3.05, 3.63) is 48.2 Å². The van der Waals surface area contributed by atoms with Gasteiger partial charge in [0.1, 0.15) is 5.75 Å². The zero-order chi connectivity index (χ0) is 14.8. The number of rotatable bonds is 3. The van der Waals surface area contributed by atoms with Crippen LogP contribution in [-0.2, 0) is 32.7 Å². The Morgan fingerprint density at radius 3 is 2.48 bits per heavy atom. The maximum Gasteiger partial charge on any atom is 0.422 e. The molecule has 0 bridgehead atoms. The molecule has 1 atom stereocenters. The fraction of sp³-hybridized carbons (Fsp3) is 0.333. The van der Waals surface area contributed by atoms with E-state index in [0.717, 1.165) is 23.4 Å². The van der Waals surface area contributed by atoms with E-state index in [4.69, 9.17) is 0 Å². The first-order valence-corrected chi connectivity index (χ1v) is 6.22. The van der Waals surface area contributed by atoms with Crippen LogP contribution in [0.1, 0.15) is 18.9 Å². The summed E-state index contributed by atoms with van der Waals surface area (Å²) >= 11 is 0. The summed E-state index contributed by atoms with van der Waals surface area (Å²) in [5.41, 5.74) is 2.56. The summed E-state index contributed by atoms with van der Waals surface area (Å²) in [4.78, 5) is 0. The van der Waals surface area contributed by atoms with Crippen molar-refractivity contribution in [2.75, 3.05) is 6.61 Å². The molecule has 0 aliphatic carbocycles. The first kappa shape index (κ1) is 18.2. The van der Waals surface area contributed by atoms with Crippen LogP contribution in [-0.4, -0.2) is 12.8 Å². The molecule has 0 fully saturated rings. The van der Waals surface area contributed by atoms with E-state index >= 15 is 0 Å². The predicted molar refractivity (Wildman–Crippen MR) is 70.7 cm³/mol. The molecular weight excluding hydrogens is 356 g/mol. The summed E-state index contributed by atoms with van der Waals surface area (Å²) in [6, 6.07) is 6.42. The van der Waals surface area contributed by atoms with Gasteiger partial charge in [-0.3, -0.25) is 0 Å². The third-order valence-electron chi connectivity index (χ3n) is 3.01. The molecule has 0 saturated carbocycles. The van der Waals surface area contributed by atoms with Gasteiger partial charge in [-0.15, -0.1) is 24.3 Å². The molecule has 1 heterocycles. The zero-order valence-electron chi connectivity index (χ0n) is 11.6. The number of nitrogens with one attached hydrogen (secondary N) is 1. The predicted octanol–water partition coefficient (Wildman–Crippen LogP) is 3.91. The van der Waals surface area contributed by atoms with E-state index in [2.05, 4.69) is 22.7 Å². The quantitative estimate of drug-likeness (QED) is 0.814. The van der Waals surface area contributed by atoms with E-state index in [0.29, 0.717) is 5.92 Å². The van der Waals surface area contributed by atoms with Crippen molar-refractivity contribution in [3.8, 4) is 5.75 Å². The van der Waals surface area contributed by atoms with Crippen LogP contribution in [0.2, 0.25) is 0 Å². The van der Waals surface area contributed by atoms with Crippen molar-refractivity contribution in [3.63, 3.8) is 0 Å². The second kappa shape index (κ2) is 7.45. The third kappa shape index (κ3) is 5.47. The molecule has 1 aliphatic heterocycles. The number of benzene rings is 1. The minimum absolute atomic E-state index is 0. The number of hydrogen-bond acceptors (Lipinski definition) is 2. The number of hydrogen-bond donors (Lipinski definition) is 1. The maximum absolute atomic E-state index is 12.0. The summed E-state index contributed by atoms with van der Waals surface area (Å²) in [7, 11) is 0. The molecule has 1 N–H and O–H groups in total. The average Bonchev–Trinajstić information content (AvgIpc) is 2.39. The van der Waals surface area contributed by atoms with Gasteiger partial charge in [-0.05, 0) is 18.1 Å². The van der Waals surface area contributed by atoms with Crippen LogP contribution >= 0.6 is 0 Å². The smallest absolute Gasteiger partial charge is 0.422 e. The van der Waals surface area contributed by atoms with Gasteiger partial charge in [0.25, 0.3) is 0 Å². The van der Waals surface area contributed by atoms with E-state index in [1.807, 2.05) is 6.92 Å². The van der Waals surface area contributed by atoms with Gasteiger partial charge in [0.15, 0.2) is 6.61 Å². The molecule has 1 radical (unpaired) electrons. The van der Waals surface area contributed by atoms with Gasteiger partial charge in [-0.25, -0.2) is 6.08 Å². The van der Waals surface area contributed by atoms with Crippen LogP contribution in [0.4, 0.5) is 13.2 Å².